The first-order valence-corrected chi connectivity index (χ1v) is 10.3. The summed E-state index contributed by atoms with van der Waals surface area (Å²) in [5.74, 6) is -0.569. The van der Waals surface area contributed by atoms with E-state index in [0.29, 0.717) is 22.5 Å². The Kier molecular flexibility index (Phi) is 3.84. The standard InChI is InChI=1S/C25H18N2O4/c28-23-20-16-6-7-17(13-16)21(20)24(29)27(23)18-10-8-15(9-11-18)25(30)31-19-5-1-3-14-4-2-12-26-22(14)19/h1-12,16-17,20-21H,13H2/t16-,17-,20+,21+/m0/s1. The summed E-state index contributed by atoms with van der Waals surface area (Å²) in [6, 6.07) is 15.5. The number of para-hydroxylation sites is 1. The van der Waals surface area contributed by atoms with Crippen LogP contribution < -0.4 is 9.64 Å². The molecule has 2 fully saturated rings. The van der Waals surface area contributed by atoms with Crippen molar-refractivity contribution in [3.63, 3.8) is 0 Å². The molecule has 1 saturated carbocycles. The maximum Gasteiger partial charge on any atom is 0.343 e. The second kappa shape index (κ2) is 6.60. The van der Waals surface area contributed by atoms with Gasteiger partial charge in [0.1, 0.15) is 5.52 Å². The van der Waals surface area contributed by atoms with E-state index in [1.807, 2.05) is 18.2 Å². The SMILES string of the molecule is O=C(Oc1cccc2cccnc12)c1ccc(N2C(=O)[C@H]3[C@H](C2=O)[C@H]2C=C[C@H]3C2)cc1. The van der Waals surface area contributed by atoms with Crippen LogP contribution in [0.4, 0.5) is 5.69 Å². The molecule has 0 radical (unpaired) electrons. The van der Waals surface area contributed by atoms with Gasteiger partial charge in [0.15, 0.2) is 5.75 Å². The Morgan fingerprint density at radius 2 is 1.58 bits per heavy atom. The van der Waals surface area contributed by atoms with E-state index >= 15 is 0 Å². The van der Waals surface area contributed by atoms with Crippen LogP contribution in [0.1, 0.15) is 16.8 Å². The highest BCUT2D eigenvalue weighted by atomic mass is 16.5. The van der Waals surface area contributed by atoms with Crippen molar-refractivity contribution >= 4 is 34.4 Å². The van der Waals surface area contributed by atoms with Crippen molar-refractivity contribution in [1.29, 1.82) is 0 Å². The summed E-state index contributed by atoms with van der Waals surface area (Å²) in [6.45, 7) is 0. The highest BCUT2D eigenvalue weighted by Crippen LogP contribution is 2.53. The number of rotatable bonds is 3. The van der Waals surface area contributed by atoms with Crippen molar-refractivity contribution in [3.8, 4) is 5.75 Å². The predicted molar refractivity (Wildman–Crippen MR) is 113 cm³/mol. The summed E-state index contributed by atoms with van der Waals surface area (Å²) >= 11 is 0. The summed E-state index contributed by atoms with van der Waals surface area (Å²) in [5.41, 5.74) is 1.43. The van der Waals surface area contributed by atoms with Crippen molar-refractivity contribution in [2.75, 3.05) is 4.90 Å². The first kappa shape index (κ1) is 18.0. The highest BCUT2D eigenvalue weighted by Gasteiger charge is 2.59. The predicted octanol–water partition coefficient (Wildman–Crippen LogP) is 3.77. The topological polar surface area (TPSA) is 76.6 Å². The molecule has 152 valence electrons. The number of hydrogen-bond donors (Lipinski definition) is 0. The van der Waals surface area contributed by atoms with Crippen LogP contribution in [0.2, 0.25) is 0 Å². The van der Waals surface area contributed by atoms with E-state index in [4.69, 9.17) is 4.74 Å². The molecule has 0 unspecified atom stereocenters. The Morgan fingerprint density at radius 3 is 2.29 bits per heavy atom. The first-order chi connectivity index (χ1) is 15.1. The molecule has 2 amide bonds. The van der Waals surface area contributed by atoms with Crippen molar-refractivity contribution in [3.05, 3.63) is 78.5 Å². The first-order valence-electron chi connectivity index (χ1n) is 10.3. The molecule has 1 aromatic heterocycles. The lowest BCUT2D eigenvalue weighted by atomic mass is 9.85. The Hall–Kier alpha value is -3.80. The third-order valence-electron chi connectivity index (χ3n) is 6.63. The van der Waals surface area contributed by atoms with Crippen LogP contribution in [-0.2, 0) is 9.59 Å². The van der Waals surface area contributed by atoms with E-state index in [-0.39, 0.29) is 35.5 Å². The minimum Gasteiger partial charge on any atom is -0.421 e. The normalized spacial score (nSPS) is 26.0. The summed E-state index contributed by atoms with van der Waals surface area (Å²) in [4.78, 5) is 44.1. The van der Waals surface area contributed by atoms with Gasteiger partial charge in [-0.1, -0.05) is 30.4 Å². The number of ether oxygens (including phenoxy) is 1. The van der Waals surface area contributed by atoms with Gasteiger partial charge in [-0.25, -0.2) is 4.79 Å². The number of imide groups is 1. The Morgan fingerprint density at radius 1 is 0.903 bits per heavy atom. The Bertz CT molecular complexity index is 1240. The van der Waals surface area contributed by atoms with E-state index in [0.717, 1.165) is 11.8 Å². The number of aromatic nitrogens is 1. The van der Waals surface area contributed by atoms with Gasteiger partial charge >= 0.3 is 5.97 Å². The van der Waals surface area contributed by atoms with Gasteiger partial charge in [-0.05, 0) is 54.7 Å². The smallest absolute Gasteiger partial charge is 0.343 e. The van der Waals surface area contributed by atoms with Gasteiger partial charge in [0, 0.05) is 11.6 Å². The number of allylic oxidation sites excluding steroid dienone is 2. The molecule has 2 aromatic carbocycles. The fraction of sp³-hybridized carbons (Fsp3) is 0.200. The fourth-order valence-corrected chi connectivity index (χ4v) is 5.22. The van der Waals surface area contributed by atoms with E-state index in [1.54, 1.807) is 42.6 Å². The van der Waals surface area contributed by atoms with Crippen LogP contribution in [0.15, 0.2) is 72.9 Å². The zero-order chi connectivity index (χ0) is 21.1. The second-order valence-corrected chi connectivity index (χ2v) is 8.28. The van der Waals surface area contributed by atoms with Crippen LogP contribution in [0.25, 0.3) is 10.9 Å². The third-order valence-corrected chi connectivity index (χ3v) is 6.63. The molecule has 2 heterocycles. The quantitative estimate of drug-likeness (QED) is 0.284. The number of esters is 1. The number of carbonyl (C=O) groups is 3. The highest BCUT2D eigenvalue weighted by molar-refractivity contribution is 6.22. The molecule has 31 heavy (non-hydrogen) atoms. The van der Waals surface area contributed by atoms with Crippen LogP contribution in [0.5, 0.6) is 5.75 Å². The average molecular weight is 410 g/mol. The number of hydrogen-bond acceptors (Lipinski definition) is 5. The molecular formula is C25H18N2O4. The van der Waals surface area contributed by atoms with Gasteiger partial charge in [0.2, 0.25) is 11.8 Å². The summed E-state index contributed by atoms with van der Waals surface area (Å²) in [6.07, 6.45) is 6.69. The van der Waals surface area contributed by atoms with Crippen molar-refractivity contribution in [1.82, 2.24) is 4.98 Å². The average Bonchev–Trinajstić information content (AvgIpc) is 3.48. The molecule has 6 nitrogen and oxygen atoms in total. The van der Waals surface area contributed by atoms with Crippen molar-refractivity contribution in [2.45, 2.75) is 6.42 Å². The fourth-order valence-electron chi connectivity index (χ4n) is 5.22. The zero-order valence-electron chi connectivity index (χ0n) is 16.5. The maximum absolute atomic E-state index is 12.9. The van der Waals surface area contributed by atoms with Crippen LogP contribution in [0, 0.1) is 23.7 Å². The monoisotopic (exact) mass is 410 g/mol. The lowest BCUT2D eigenvalue weighted by Gasteiger charge is -2.17. The zero-order valence-corrected chi connectivity index (χ0v) is 16.5. The van der Waals surface area contributed by atoms with E-state index < -0.39 is 5.97 Å². The van der Waals surface area contributed by atoms with E-state index in [1.165, 1.54) is 4.90 Å². The molecule has 3 aliphatic rings. The molecule has 2 aliphatic carbocycles. The van der Waals surface area contributed by atoms with Gasteiger partial charge < -0.3 is 4.74 Å². The minimum atomic E-state index is -0.525. The maximum atomic E-state index is 12.9. The molecule has 0 N–H and O–H groups in total. The minimum absolute atomic E-state index is 0.135. The van der Waals surface area contributed by atoms with Crippen LogP contribution in [-0.4, -0.2) is 22.8 Å². The summed E-state index contributed by atoms with van der Waals surface area (Å²) in [5, 5.41) is 0.878. The lowest BCUT2D eigenvalue weighted by molar-refractivity contribution is -0.123. The number of benzene rings is 2. The number of anilines is 1. The number of fused-ring (bicyclic) bond motifs is 6. The molecule has 1 saturated heterocycles. The number of nitrogens with zero attached hydrogens (tertiary/aromatic N) is 2. The molecule has 3 aromatic rings. The summed E-state index contributed by atoms with van der Waals surface area (Å²) in [7, 11) is 0. The molecule has 6 rings (SSSR count). The van der Waals surface area contributed by atoms with Gasteiger partial charge in [-0.2, -0.15) is 0 Å². The lowest BCUT2D eigenvalue weighted by Crippen LogP contribution is -2.32. The van der Waals surface area contributed by atoms with Gasteiger partial charge in [0.25, 0.3) is 0 Å². The Balaban J connectivity index is 1.24. The van der Waals surface area contributed by atoms with Gasteiger partial charge in [-0.3, -0.25) is 19.5 Å². The Labute approximate surface area is 178 Å². The number of pyridine rings is 1. The molecular weight excluding hydrogens is 392 g/mol. The van der Waals surface area contributed by atoms with Crippen LogP contribution in [0.3, 0.4) is 0 Å². The van der Waals surface area contributed by atoms with Gasteiger partial charge in [0.05, 0.1) is 23.1 Å². The van der Waals surface area contributed by atoms with Crippen LogP contribution >= 0.6 is 0 Å². The van der Waals surface area contributed by atoms with E-state index in [9.17, 15) is 14.4 Å². The molecule has 1 aliphatic heterocycles. The number of carbonyl (C=O) groups excluding carboxylic acids is 3. The molecule has 0 spiro atoms. The van der Waals surface area contributed by atoms with Gasteiger partial charge in [-0.15, -0.1) is 0 Å². The largest absolute Gasteiger partial charge is 0.421 e. The second-order valence-electron chi connectivity index (χ2n) is 8.28. The molecule has 6 heteroatoms. The molecule has 2 bridgehead atoms. The van der Waals surface area contributed by atoms with Crippen molar-refractivity contribution in [2.24, 2.45) is 23.7 Å². The van der Waals surface area contributed by atoms with Crippen molar-refractivity contribution < 1.29 is 19.1 Å². The molecule has 4 atom stereocenters. The number of amides is 2. The summed E-state index contributed by atoms with van der Waals surface area (Å²) < 4.78 is 5.56. The third kappa shape index (κ3) is 2.64. The van der Waals surface area contributed by atoms with E-state index in [2.05, 4.69) is 17.1 Å².